The second-order valence-electron chi connectivity index (χ2n) is 6.35. The molecule has 2 aromatic rings. The van der Waals surface area contributed by atoms with Crippen molar-refractivity contribution in [2.45, 2.75) is 54.3 Å². The average molecular weight is 328 g/mol. The summed E-state index contributed by atoms with van der Waals surface area (Å²) in [4.78, 5) is 13.5. The summed E-state index contributed by atoms with van der Waals surface area (Å²) in [6.45, 7) is 1.93. The largest absolute Gasteiger partial charge is 0.455 e. The minimum atomic E-state index is 0.0229. The van der Waals surface area contributed by atoms with Crippen molar-refractivity contribution in [2.24, 2.45) is 0 Å². The maximum absolute atomic E-state index is 12.4. The van der Waals surface area contributed by atoms with Crippen molar-refractivity contribution < 1.29 is 9.21 Å². The third-order valence-electron chi connectivity index (χ3n) is 4.67. The fraction of sp³-hybridized carbons (Fsp3) is 0.389. The Morgan fingerprint density at radius 1 is 1.22 bits per heavy atom. The Hall–Kier alpha value is -1.72. The zero-order valence-corrected chi connectivity index (χ0v) is 13.9. The van der Waals surface area contributed by atoms with E-state index < -0.39 is 0 Å². The topological polar surface area (TPSA) is 54.3 Å². The highest BCUT2D eigenvalue weighted by Crippen LogP contribution is 2.30. The van der Waals surface area contributed by atoms with E-state index in [2.05, 4.69) is 10.6 Å². The van der Waals surface area contributed by atoms with Crippen LogP contribution in [-0.2, 0) is 0 Å². The fourth-order valence-electron chi connectivity index (χ4n) is 3.49. The van der Waals surface area contributed by atoms with Crippen LogP contribution in [0.15, 0.2) is 50.8 Å². The minimum absolute atomic E-state index is 0.0229. The van der Waals surface area contributed by atoms with Gasteiger partial charge in [-0.15, -0.1) is 0 Å². The Bertz CT molecular complexity index is 710. The van der Waals surface area contributed by atoms with Crippen LogP contribution in [0.1, 0.15) is 35.4 Å². The van der Waals surface area contributed by atoms with E-state index in [9.17, 15) is 4.79 Å². The molecule has 0 radical (unpaired) electrons. The highest BCUT2D eigenvalue weighted by atomic mass is 32.2. The Morgan fingerprint density at radius 3 is 2.65 bits per heavy atom. The molecule has 23 heavy (non-hydrogen) atoms. The molecule has 0 saturated carbocycles. The lowest BCUT2D eigenvalue weighted by Gasteiger charge is -2.21. The normalized spacial score (nSPS) is 25.7. The molecule has 5 heteroatoms. The molecule has 2 saturated heterocycles. The molecule has 120 valence electrons. The van der Waals surface area contributed by atoms with Crippen LogP contribution >= 0.6 is 11.8 Å². The molecular formula is C18H20N2O2S. The van der Waals surface area contributed by atoms with Crippen molar-refractivity contribution in [1.82, 2.24) is 10.6 Å². The number of hydrogen-bond donors (Lipinski definition) is 2. The fourth-order valence-corrected chi connectivity index (χ4v) is 4.31. The Morgan fingerprint density at radius 2 is 2.04 bits per heavy atom. The van der Waals surface area contributed by atoms with Gasteiger partial charge in [-0.25, -0.2) is 0 Å². The van der Waals surface area contributed by atoms with E-state index in [0.717, 1.165) is 22.2 Å². The van der Waals surface area contributed by atoms with E-state index in [-0.39, 0.29) is 11.9 Å². The molecule has 2 aliphatic rings. The molecule has 2 bridgehead atoms. The Kier molecular flexibility index (Phi) is 3.91. The number of benzene rings is 1. The lowest BCUT2D eigenvalue weighted by molar-refractivity contribution is 0.0931. The first kappa shape index (κ1) is 14.8. The average Bonchev–Trinajstić information content (AvgIpc) is 3.25. The van der Waals surface area contributed by atoms with E-state index in [4.69, 9.17) is 4.42 Å². The molecule has 2 aliphatic heterocycles. The molecule has 0 aliphatic carbocycles. The summed E-state index contributed by atoms with van der Waals surface area (Å²) in [6.07, 6.45) is 3.48. The minimum Gasteiger partial charge on any atom is -0.455 e. The van der Waals surface area contributed by atoms with E-state index in [1.54, 1.807) is 11.8 Å². The summed E-state index contributed by atoms with van der Waals surface area (Å²) in [5.74, 6) is 0.928. The molecule has 1 aromatic carbocycles. The highest BCUT2D eigenvalue weighted by molar-refractivity contribution is 7.99. The number of aryl methyl sites for hydroxylation is 1. The van der Waals surface area contributed by atoms with Gasteiger partial charge in [-0.1, -0.05) is 11.8 Å². The van der Waals surface area contributed by atoms with Gasteiger partial charge in [0.2, 0.25) is 0 Å². The summed E-state index contributed by atoms with van der Waals surface area (Å²) in [6, 6.07) is 13.0. The zero-order valence-electron chi connectivity index (χ0n) is 13.0. The maximum Gasteiger partial charge on any atom is 0.251 e. The number of hydrogen-bond acceptors (Lipinski definition) is 4. The standard InChI is InChI=1S/C18H20N2O2S/c1-11-2-9-17(22-11)23-14-6-3-12(4-7-14)18(21)20-16-10-13-5-8-15(16)19-13/h2-4,6-7,9,13,15-16,19H,5,8,10H2,1H3,(H,20,21). The predicted octanol–water partition coefficient (Wildman–Crippen LogP) is 3.36. The summed E-state index contributed by atoms with van der Waals surface area (Å²) in [5, 5.41) is 7.59. The molecule has 2 N–H and O–H groups in total. The van der Waals surface area contributed by atoms with Gasteiger partial charge in [-0.05, 0) is 62.6 Å². The molecule has 2 fully saturated rings. The number of carbonyl (C=O) groups is 1. The number of furan rings is 1. The second-order valence-corrected chi connectivity index (χ2v) is 7.43. The van der Waals surface area contributed by atoms with Crippen molar-refractivity contribution in [3.05, 3.63) is 47.7 Å². The van der Waals surface area contributed by atoms with Crippen molar-refractivity contribution in [2.75, 3.05) is 0 Å². The number of carbonyl (C=O) groups excluding carboxylic acids is 1. The SMILES string of the molecule is Cc1ccc(Sc2ccc(C(=O)NC3CC4CCC3N4)cc2)o1. The van der Waals surface area contributed by atoms with Crippen molar-refractivity contribution in [1.29, 1.82) is 0 Å². The van der Waals surface area contributed by atoms with E-state index in [0.29, 0.717) is 17.6 Å². The lowest BCUT2D eigenvalue weighted by atomic mass is 9.95. The van der Waals surface area contributed by atoms with E-state index >= 15 is 0 Å². The van der Waals surface area contributed by atoms with Crippen LogP contribution in [0, 0.1) is 6.92 Å². The number of amides is 1. The Labute approximate surface area is 140 Å². The molecule has 3 unspecified atom stereocenters. The third-order valence-corrected chi connectivity index (χ3v) is 5.60. The molecule has 3 heterocycles. The summed E-state index contributed by atoms with van der Waals surface area (Å²) >= 11 is 1.56. The maximum atomic E-state index is 12.4. The second kappa shape index (κ2) is 6.06. The smallest absolute Gasteiger partial charge is 0.251 e. The zero-order chi connectivity index (χ0) is 15.8. The molecule has 1 aromatic heterocycles. The van der Waals surface area contributed by atoms with Gasteiger partial charge in [-0.2, -0.15) is 0 Å². The van der Waals surface area contributed by atoms with Crippen molar-refractivity contribution in [3.8, 4) is 0 Å². The van der Waals surface area contributed by atoms with Crippen LogP contribution in [0.25, 0.3) is 0 Å². The molecule has 4 nitrogen and oxygen atoms in total. The van der Waals surface area contributed by atoms with Crippen molar-refractivity contribution in [3.63, 3.8) is 0 Å². The van der Waals surface area contributed by atoms with Crippen LogP contribution in [0.4, 0.5) is 0 Å². The highest BCUT2D eigenvalue weighted by Gasteiger charge is 2.39. The van der Waals surface area contributed by atoms with E-state index in [1.165, 1.54) is 12.8 Å². The third kappa shape index (κ3) is 3.16. The molecule has 4 rings (SSSR count). The predicted molar refractivity (Wildman–Crippen MR) is 89.8 cm³/mol. The van der Waals surface area contributed by atoms with Crippen LogP contribution in [0.3, 0.4) is 0 Å². The molecule has 0 spiro atoms. The van der Waals surface area contributed by atoms with Crippen molar-refractivity contribution >= 4 is 17.7 Å². The van der Waals surface area contributed by atoms with Gasteiger partial charge in [0.1, 0.15) is 5.76 Å². The number of rotatable bonds is 4. The van der Waals surface area contributed by atoms with Crippen LogP contribution < -0.4 is 10.6 Å². The van der Waals surface area contributed by atoms with Gasteiger partial charge in [0, 0.05) is 28.6 Å². The number of fused-ring (bicyclic) bond motifs is 2. The first-order chi connectivity index (χ1) is 11.2. The first-order valence-corrected chi connectivity index (χ1v) is 8.90. The van der Waals surface area contributed by atoms with Crippen LogP contribution in [0.2, 0.25) is 0 Å². The summed E-state index contributed by atoms with van der Waals surface area (Å²) < 4.78 is 5.56. The Balaban J connectivity index is 1.38. The lowest BCUT2D eigenvalue weighted by Crippen LogP contribution is -2.42. The van der Waals surface area contributed by atoms with E-state index in [1.807, 2.05) is 43.3 Å². The number of nitrogens with one attached hydrogen (secondary N) is 2. The first-order valence-electron chi connectivity index (χ1n) is 8.09. The summed E-state index contributed by atoms with van der Waals surface area (Å²) in [5.41, 5.74) is 0.716. The van der Waals surface area contributed by atoms with Crippen LogP contribution in [-0.4, -0.2) is 24.0 Å². The van der Waals surface area contributed by atoms with Gasteiger partial charge in [0.25, 0.3) is 5.91 Å². The molecule has 1 amide bonds. The molecular weight excluding hydrogens is 308 g/mol. The monoisotopic (exact) mass is 328 g/mol. The quantitative estimate of drug-likeness (QED) is 0.903. The van der Waals surface area contributed by atoms with Gasteiger partial charge in [0.15, 0.2) is 5.09 Å². The summed E-state index contributed by atoms with van der Waals surface area (Å²) in [7, 11) is 0. The van der Waals surface area contributed by atoms with Gasteiger partial charge in [0.05, 0.1) is 0 Å². The van der Waals surface area contributed by atoms with Gasteiger partial charge < -0.3 is 15.1 Å². The van der Waals surface area contributed by atoms with Gasteiger partial charge in [-0.3, -0.25) is 4.79 Å². The van der Waals surface area contributed by atoms with Gasteiger partial charge >= 0.3 is 0 Å². The van der Waals surface area contributed by atoms with Crippen LogP contribution in [0.5, 0.6) is 0 Å². The molecule has 3 atom stereocenters.